The summed E-state index contributed by atoms with van der Waals surface area (Å²) in [5.74, 6) is -1.39. The van der Waals surface area contributed by atoms with Gasteiger partial charge in [-0.15, -0.1) is 0 Å². The van der Waals surface area contributed by atoms with Gasteiger partial charge in [0.15, 0.2) is 11.6 Å². The van der Waals surface area contributed by atoms with Crippen molar-refractivity contribution in [3.8, 4) is 17.6 Å². The Labute approximate surface area is 208 Å². The topological polar surface area (TPSA) is 59.3 Å². The molecule has 0 aliphatic heterocycles. The minimum atomic E-state index is -1.20. The van der Waals surface area contributed by atoms with Crippen molar-refractivity contribution in [3.05, 3.63) is 70.5 Å². The van der Waals surface area contributed by atoms with Crippen molar-refractivity contribution in [2.75, 3.05) is 0 Å². The van der Waals surface area contributed by atoms with Crippen LogP contribution in [0.3, 0.4) is 0 Å². The number of carbonyl (C=O) groups excluding carboxylic acids is 1. The van der Waals surface area contributed by atoms with Crippen molar-refractivity contribution in [2.24, 2.45) is 17.3 Å². The summed E-state index contributed by atoms with van der Waals surface area (Å²) in [4.78, 5) is 12.6. The van der Waals surface area contributed by atoms with Crippen molar-refractivity contribution < 1.29 is 49.6 Å². The molecule has 8 heteroatoms. The summed E-state index contributed by atoms with van der Waals surface area (Å²) in [7, 11) is 0. The van der Waals surface area contributed by atoms with Crippen molar-refractivity contribution in [1.29, 1.82) is 5.26 Å². The van der Waals surface area contributed by atoms with Gasteiger partial charge in [-0.25, -0.2) is 4.39 Å². The van der Waals surface area contributed by atoms with Crippen LogP contribution in [0.15, 0.2) is 59.1 Å². The number of hydrogen-bond acceptors (Lipinski definition) is 4. The zero-order chi connectivity index (χ0) is 21.2. The molecule has 0 heterocycles. The van der Waals surface area contributed by atoms with E-state index < -0.39 is 23.8 Å². The molecule has 2 aromatic rings. The third-order valence-corrected chi connectivity index (χ3v) is 5.30. The van der Waals surface area contributed by atoms with Crippen molar-refractivity contribution in [2.45, 2.75) is 20.0 Å². The summed E-state index contributed by atoms with van der Waals surface area (Å²) in [6.07, 6.45) is 0.397. The monoisotopic (exact) mass is 457 g/mol. The molecule has 3 atom stereocenters. The third-order valence-electron chi connectivity index (χ3n) is 5.05. The van der Waals surface area contributed by atoms with E-state index in [0.717, 1.165) is 0 Å². The molecule has 0 N–H and O–H groups in total. The fourth-order valence-corrected chi connectivity index (χ4v) is 3.58. The molecular weight excluding hydrogens is 439 g/mol. The molecule has 152 valence electrons. The Balaban J connectivity index is 0.00000240. The fourth-order valence-electron chi connectivity index (χ4n) is 3.31. The number of carbonyl (C=O) groups is 1. The Kier molecular flexibility index (Phi) is 8.38. The number of nitrogens with zero attached hydrogens (tertiary/aromatic N) is 1. The molecule has 0 spiro atoms. The molecule has 0 aromatic heterocycles. The maximum atomic E-state index is 14.2. The molecule has 3 rings (SSSR count). The number of rotatable bonds is 6. The van der Waals surface area contributed by atoms with Crippen molar-refractivity contribution in [1.82, 2.24) is 0 Å². The number of ether oxygens (including phenoxy) is 2. The number of nitriles is 1. The second-order valence-corrected chi connectivity index (χ2v) is 8.34. The van der Waals surface area contributed by atoms with Crippen LogP contribution in [0.4, 0.5) is 4.39 Å². The molecule has 2 aromatic carbocycles. The predicted octanol–water partition coefficient (Wildman–Crippen LogP) is 3.43. The van der Waals surface area contributed by atoms with Gasteiger partial charge in [-0.1, -0.05) is 61.3 Å². The van der Waals surface area contributed by atoms with E-state index in [2.05, 4.69) is 0 Å². The van der Waals surface area contributed by atoms with E-state index in [1.165, 1.54) is 18.2 Å². The Morgan fingerprint density at radius 3 is 2.53 bits per heavy atom. The number of esters is 1. The van der Waals surface area contributed by atoms with Gasteiger partial charge in [-0.05, 0) is 41.7 Å². The van der Waals surface area contributed by atoms with E-state index in [1.54, 1.807) is 30.3 Å². The third kappa shape index (κ3) is 5.57. The summed E-state index contributed by atoms with van der Waals surface area (Å²) < 4.78 is 25.2. The van der Waals surface area contributed by atoms with Crippen LogP contribution in [0.5, 0.6) is 11.5 Å². The summed E-state index contributed by atoms with van der Waals surface area (Å²) in [6, 6.07) is 14.5. The molecular formula is C22H19Cl2FNNaO3. The second-order valence-electron chi connectivity index (χ2n) is 7.33. The van der Waals surface area contributed by atoms with E-state index >= 15 is 0 Å². The van der Waals surface area contributed by atoms with Gasteiger partial charge in [0.05, 0.1) is 5.92 Å². The molecule has 0 saturated heterocycles. The van der Waals surface area contributed by atoms with Gasteiger partial charge in [-0.3, -0.25) is 4.79 Å². The van der Waals surface area contributed by atoms with Crippen molar-refractivity contribution >= 4 is 29.2 Å². The van der Waals surface area contributed by atoms with Crippen LogP contribution in [0.2, 0.25) is 0 Å². The first-order chi connectivity index (χ1) is 13.7. The zero-order valence-corrected chi connectivity index (χ0v) is 20.2. The van der Waals surface area contributed by atoms with Crippen LogP contribution in [0.1, 0.15) is 26.9 Å². The molecule has 0 amide bonds. The summed E-state index contributed by atoms with van der Waals surface area (Å²) in [5.41, 5.74) is -0.0645. The minimum absolute atomic E-state index is 0. The maximum Gasteiger partial charge on any atom is 1.00 e. The van der Waals surface area contributed by atoms with Gasteiger partial charge in [0, 0.05) is 5.56 Å². The van der Waals surface area contributed by atoms with Gasteiger partial charge in [0.2, 0.25) is 6.10 Å². The fraction of sp³-hybridized carbons (Fsp3) is 0.273. The van der Waals surface area contributed by atoms with Crippen LogP contribution in [-0.4, -0.2) is 5.97 Å². The molecule has 1 aliphatic rings. The van der Waals surface area contributed by atoms with Crippen LogP contribution in [-0.2, 0) is 9.53 Å². The van der Waals surface area contributed by atoms with Gasteiger partial charge in [-0.2, -0.15) is 5.26 Å². The van der Waals surface area contributed by atoms with E-state index in [4.69, 9.17) is 32.7 Å². The van der Waals surface area contributed by atoms with Gasteiger partial charge < -0.3 is 10.9 Å². The standard InChI is InChI=1S/C22H18Cl2FNO3.Na.H/c1-22(2)15(11-19(23)24)20(22)21(27)29-18(12-26)13-8-9-16(25)17(10-13)28-14-6-4-3-5-7-14;;/h3-11,15,18,20H,1-2H3;;/q;+1;-1. The molecule has 0 radical (unpaired) electrons. The first kappa shape index (κ1) is 24.7. The second kappa shape index (κ2) is 10.2. The van der Waals surface area contributed by atoms with Gasteiger partial charge in [0.25, 0.3) is 0 Å². The quantitative estimate of drug-likeness (QED) is 0.492. The largest absolute Gasteiger partial charge is 1.00 e. The molecule has 1 fully saturated rings. The number of benzene rings is 2. The average Bonchev–Trinajstić information content (AvgIpc) is 3.21. The Bertz CT molecular complexity index is 994. The maximum absolute atomic E-state index is 14.2. The Hall–Kier alpha value is -1.55. The molecule has 3 unspecified atom stereocenters. The Morgan fingerprint density at radius 2 is 1.93 bits per heavy atom. The van der Waals surface area contributed by atoms with Gasteiger partial charge in [0.1, 0.15) is 16.3 Å². The van der Waals surface area contributed by atoms with Crippen molar-refractivity contribution in [3.63, 3.8) is 0 Å². The Morgan fingerprint density at radius 1 is 1.27 bits per heavy atom. The molecule has 4 nitrogen and oxygen atoms in total. The van der Waals surface area contributed by atoms with Crippen LogP contribution in [0.25, 0.3) is 0 Å². The van der Waals surface area contributed by atoms with E-state index in [1.807, 2.05) is 26.0 Å². The first-order valence-corrected chi connectivity index (χ1v) is 9.65. The number of hydrogen-bond donors (Lipinski definition) is 0. The number of halogens is 3. The predicted molar refractivity (Wildman–Crippen MR) is 109 cm³/mol. The van der Waals surface area contributed by atoms with Crippen LogP contribution < -0.4 is 34.3 Å². The summed E-state index contributed by atoms with van der Waals surface area (Å²) >= 11 is 11.4. The zero-order valence-electron chi connectivity index (χ0n) is 17.7. The van der Waals surface area contributed by atoms with Gasteiger partial charge >= 0.3 is 35.5 Å². The summed E-state index contributed by atoms with van der Waals surface area (Å²) in [6.45, 7) is 3.78. The normalized spacial score (nSPS) is 19.5. The number of para-hydroxylation sites is 1. The minimum Gasteiger partial charge on any atom is -1.00 e. The SMILES string of the molecule is CC1(C)C(C=C(Cl)Cl)C1C(=O)OC(C#N)c1ccc(F)c(Oc2ccccc2)c1.[H-].[Na+]. The summed E-state index contributed by atoms with van der Waals surface area (Å²) in [5, 5.41) is 9.51. The molecule has 1 saturated carbocycles. The average molecular weight is 458 g/mol. The first-order valence-electron chi connectivity index (χ1n) is 8.89. The smallest absolute Gasteiger partial charge is 1.00 e. The van der Waals surface area contributed by atoms with E-state index in [0.29, 0.717) is 11.3 Å². The van der Waals surface area contributed by atoms with E-state index in [-0.39, 0.29) is 52.6 Å². The van der Waals surface area contributed by atoms with Crippen LogP contribution >= 0.6 is 23.2 Å². The van der Waals surface area contributed by atoms with E-state index in [9.17, 15) is 14.4 Å². The molecule has 1 aliphatic carbocycles. The molecule has 30 heavy (non-hydrogen) atoms. The number of allylic oxidation sites excluding steroid dienone is 1. The molecule has 0 bridgehead atoms. The van der Waals surface area contributed by atoms with Crippen LogP contribution in [0, 0.1) is 34.4 Å².